The molecule has 2 N–H and O–H groups in total. The Kier molecular flexibility index (Phi) is 4.41. The molecular weight excluding hydrogens is 288 g/mol. The average molecular weight is 312 g/mol. The molecule has 1 unspecified atom stereocenters. The molecule has 118 valence electrons. The third-order valence-corrected chi connectivity index (χ3v) is 4.29. The highest BCUT2D eigenvalue weighted by Crippen LogP contribution is 2.36. The molecule has 1 atom stereocenters. The molecule has 0 aromatic carbocycles. The van der Waals surface area contributed by atoms with Crippen molar-refractivity contribution in [3.8, 4) is 0 Å². The number of rotatable bonds is 3. The van der Waals surface area contributed by atoms with E-state index in [0.29, 0.717) is 11.6 Å². The van der Waals surface area contributed by atoms with Crippen molar-refractivity contribution in [1.82, 2.24) is 10.2 Å². The van der Waals surface area contributed by atoms with E-state index in [1.807, 2.05) is 20.8 Å². The van der Waals surface area contributed by atoms with Crippen LogP contribution in [-0.4, -0.2) is 34.9 Å². The molecule has 0 aliphatic carbocycles. The van der Waals surface area contributed by atoms with E-state index in [1.165, 1.54) is 11.3 Å². The summed E-state index contributed by atoms with van der Waals surface area (Å²) in [4.78, 5) is 14.3. The van der Waals surface area contributed by atoms with Gasteiger partial charge < -0.3 is 15.4 Å². The fourth-order valence-corrected chi connectivity index (χ4v) is 3.34. The summed E-state index contributed by atoms with van der Waals surface area (Å²) < 4.78 is 5.45. The van der Waals surface area contributed by atoms with Crippen molar-refractivity contribution in [1.29, 1.82) is 0 Å². The fraction of sp³-hybridized carbons (Fsp3) is 0.786. The molecule has 21 heavy (non-hydrogen) atoms. The van der Waals surface area contributed by atoms with Crippen LogP contribution in [0.1, 0.15) is 47.0 Å². The van der Waals surface area contributed by atoms with Crippen LogP contribution in [0.2, 0.25) is 0 Å². The van der Waals surface area contributed by atoms with Gasteiger partial charge in [-0.1, -0.05) is 18.3 Å². The number of carbonyl (C=O) groups excluding carboxylic acids is 1. The van der Waals surface area contributed by atoms with Gasteiger partial charge in [0.05, 0.1) is 6.42 Å². The van der Waals surface area contributed by atoms with E-state index in [1.54, 1.807) is 0 Å². The van der Waals surface area contributed by atoms with Crippen molar-refractivity contribution in [3.63, 3.8) is 0 Å². The van der Waals surface area contributed by atoms with Crippen molar-refractivity contribution < 1.29 is 9.53 Å². The predicted octanol–water partition coefficient (Wildman–Crippen LogP) is 2.46. The van der Waals surface area contributed by atoms with Crippen LogP contribution in [0.5, 0.6) is 0 Å². The lowest BCUT2D eigenvalue weighted by Crippen LogP contribution is -2.43. The number of carbonyl (C=O) groups is 1. The van der Waals surface area contributed by atoms with E-state index in [9.17, 15) is 4.79 Å². The van der Waals surface area contributed by atoms with Gasteiger partial charge in [-0.2, -0.15) is 0 Å². The standard InChI is InChI=1S/C14H24N4O2S/c1-13(2,3)20-10(19)8-14(4)6-5-7-18(9-14)12-17-16-11(15)21-12/h5-9H2,1-4H3,(H2,15,16). The number of hydrogen-bond acceptors (Lipinski definition) is 7. The monoisotopic (exact) mass is 312 g/mol. The van der Waals surface area contributed by atoms with Crippen molar-refractivity contribution in [3.05, 3.63) is 0 Å². The molecule has 6 nitrogen and oxygen atoms in total. The van der Waals surface area contributed by atoms with Crippen molar-refractivity contribution in [2.45, 2.75) is 52.6 Å². The molecule has 2 heterocycles. The maximum Gasteiger partial charge on any atom is 0.306 e. The minimum absolute atomic E-state index is 0.0962. The third-order valence-electron chi connectivity index (χ3n) is 3.47. The number of nitrogens with two attached hydrogens (primary N) is 1. The smallest absolute Gasteiger partial charge is 0.306 e. The van der Waals surface area contributed by atoms with Gasteiger partial charge >= 0.3 is 5.97 Å². The topological polar surface area (TPSA) is 81.3 Å². The van der Waals surface area contributed by atoms with Crippen LogP contribution < -0.4 is 10.6 Å². The Bertz CT molecular complexity index is 511. The minimum atomic E-state index is -0.435. The predicted molar refractivity (Wildman–Crippen MR) is 84.3 cm³/mol. The molecule has 1 saturated heterocycles. The summed E-state index contributed by atoms with van der Waals surface area (Å²) in [6.07, 6.45) is 2.46. The summed E-state index contributed by atoms with van der Waals surface area (Å²) in [5, 5.41) is 9.27. The van der Waals surface area contributed by atoms with E-state index in [2.05, 4.69) is 22.0 Å². The molecule has 0 radical (unpaired) electrons. The van der Waals surface area contributed by atoms with Gasteiger partial charge in [0.1, 0.15) is 5.60 Å². The Morgan fingerprint density at radius 2 is 2.19 bits per heavy atom. The van der Waals surface area contributed by atoms with Gasteiger partial charge in [0, 0.05) is 13.1 Å². The number of nitrogens with zero attached hydrogens (tertiary/aromatic N) is 3. The Hall–Kier alpha value is -1.37. The first kappa shape index (κ1) is 16.0. The number of hydrogen-bond donors (Lipinski definition) is 1. The van der Waals surface area contributed by atoms with Crippen molar-refractivity contribution in [2.24, 2.45) is 5.41 Å². The second kappa shape index (κ2) is 5.79. The molecule has 0 bridgehead atoms. The first-order chi connectivity index (χ1) is 9.67. The van der Waals surface area contributed by atoms with Crippen LogP contribution in [0.3, 0.4) is 0 Å². The summed E-state index contributed by atoms with van der Waals surface area (Å²) in [7, 11) is 0. The first-order valence-electron chi connectivity index (χ1n) is 7.23. The van der Waals surface area contributed by atoms with Gasteiger partial charge in [-0.15, -0.1) is 10.2 Å². The van der Waals surface area contributed by atoms with Crippen LogP contribution in [0, 0.1) is 5.41 Å². The average Bonchev–Trinajstić information content (AvgIpc) is 2.72. The van der Waals surface area contributed by atoms with Gasteiger partial charge in [0.2, 0.25) is 10.3 Å². The fourth-order valence-electron chi connectivity index (χ4n) is 2.70. The summed E-state index contributed by atoms with van der Waals surface area (Å²) in [5.74, 6) is -0.136. The summed E-state index contributed by atoms with van der Waals surface area (Å²) in [6, 6.07) is 0. The second-order valence-corrected chi connectivity index (χ2v) is 8.01. The van der Waals surface area contributed by atoms with E-state index in [-0.39, 0.29) is 11.4 Å². The number of anilines is 2. The van der Waals surface area contributed by atoms with Crippen LogP contribution in [0.15, 0.2) is 0 Å². The zero-order valence-electron chi connectivity index (χ0n) is 13.2. The summed E-state index contributed by atoms with van der Waals surface area (Å²) >= 11 is 1.39. The van der Waals surface area contributed by atoms with E-state index in [0.717, 1.165) is 31.1 Å². The molecule has 0 amide bonds. The van der Waals surface area contributed by atoms with E-state index >= 15 is 0 Å². The highest BCUT2D eigenvalue weighted by Gasteiger charge is 2.35. The number of esters is 1. The highest BCUT2D eigenvalue weighted by atomic mass is 32.1. The largest absolute Gasteiger partial charge is 0.460 e. The van der Waals surface area contributed by atoms with Crippen LogP contribution >= 0.6 is 11.3 Å². The van der Waals surface area contributed by atoms with Crippen LogP contribution in [0.4, 0.5) is 10.3 Å². The zero-order chi connectivity index (χ0) is 15.7. The molecule has 7 heteroatoms. The molecule has 1 aromatic rings. The lowest BCUT2D eigenvalue weighted by molar-refractivity contribution is -0.157. The summed E-state index contributed by atoms with van der Waals surface area (Å²) in [6.45, 7) is 9.52. The maximum absolute atomic E-state index is 12.1. The molecule has 1 fully saturated rings. The number of ether oxygens (including phenoxy) is 1. The number of nitrogen functional groups attached to an aromatic ring is 1. The highest BCUT2D eigenvalue weighted by molar-refractivity contribution is 7.18. The van der Waals surface area contributed by atoms with Crippen LogP contribution in [-0.2, 0) is 9.53 Å². The van der Waals surface area contributed by atoms with Gasteiger partial charge in [-0.05, 0) is 39.0 Å². The Balaban J connectivity index is 2.00. The summed E-state index contributed by atoms with van der Waals surface area (Å²) in [5.41, 5.74) is 5.12. The zero-order valence-corrected chi connectivity index (χ0v) is 14.0. The quantitative estimate of drug-likeness (QED) is 0.863. The molecule has 0 spiro atoms. The van der Waals surface area contributed by atoms with E-state index < -0.39 is 5.60 Å². The Morgan fingerprint density at radius 3 is 2.76 bits per heavy atom. The number of aromatic nitrogens is 2. The first-order valence-corrected chi connectivity index (χ1v) is 8.04. The lowest BCUT2D eigenvalue weighted by Gasteiger charge is -2.40. The Morgan fingerprint density at radius 1 is 1.48 bits per heavy atom. The molecule has 0 saturated carbocycles. The lowest BCUT2D eigenvalue weighted by atomic mass is 9.79. The Labute approximate surface area is 129 Å². The van der Waals surface area contributed by atoms with Gasteiger partial charge in [0.25, 0.3) is 0 Å². The third kappa shape index (κ3) is 4.56. The molecule has 1 aliphatic heterocycles. The molecule has 2 rings (SSSR count). The van der Waals surface area contributed by atoms with Crippen molar-refractivity contribution >= 4 is 27.6 Å². The molecular formula is C14H24N4O2S. The van der Waals surface area contributed by atoms with Gasteiger partial charge in [-0.25, -0.2) is 0 Å². The van der Waals surface area contributed by atoms with Crippen molar-refractivity contribution in [2.75, 3.05) is 23.7 Å². The minimum Gasteiger partial charge on any atom is -0.460 e. The van der Waals surface area contributed by atoms with E-state index in [4.69, 9.17) is 10.5 Å². The molecule has 1 aliphatic rings. The van der Waals surface area contributed by atoms with Gasteiger partial charge in [-0.3, -0.25) is 4.79 Å². The maximum atomic E-state index is 12.1. The normalized spacial score (nSPS) is 23.1. The molecule has 1 aromatic heterocycles. The van der Waals surface area contributed by atoms with Crippen LogP contribution in [0.25, 0.3) is 0 Å². The number of piperidine rings is 1. The van der Waals surface area contributed by atoms with Gasteiger partial charge in [0.15, 0.2) is 0 Å². The second-order valence-electron chi connectivity index (χ2n) is 7.02. The SMILES string of the molecule is CC1(CC(=O)OC(C)(C)C)CCCN(c2nnc(N)s2)C1.